The fourth-order valence-electron chi connectivity index (χ4n) is 1.63. The van der Waals surface area contributed by atoms with Gasteiger partial charge in [0.1, 0.15) is 0 Å². The molecule has 2 N–H and O–H groups in total. The minimum atomic E-state index is -3.38. The Labute approximate surface area is 98.9 Å². The lowest BCUT2D eigenvalue weighted by Gasteiger charge is -2.26. The third kappa shape index (κ3) is 2.14. The molecule has 0 unspecified atom stereocenters. The summed E-state index contributed by atoms with van der Waals surface area (Å²) < 4.78 is 31.1. The highest BCUT2D eigenvalue weighted by molar-refractivity contribution is 7.89. The van der Waals surface area contributed by atoms with Crippen LogP contribution < -0.4 is 5.73 Å². The molecule has 0 bridgehead atoms. The molecule has 1 fully saturated rings. The summed E-state index contributed by atoms with van der Waals surface area (Å²) in [5.41, 5.74) is 5.52. The van der Waals surface area contributed by atoms with Gasteiger partial charge < -0.3 is 10.5 Å². The average molecular weight is 262 g/mol. The molecule has 0 amide bonds. The molecule has 0 radical (unpaired) electrons. The van der Waals surface area contributed by atoms with Crippen molar-refractivity contribution in [1.82, 2.24) is 4.31 Å². The van der Waals surface area contributed by atoms with Crippen LogP contribution in [0.15, 0.2) is 16.3 Å². The zero-order valence-corrected chi connectivity index (χ0v) is 10.4. The van der Waals surface area contributed by atoms with Crippen LogP contribution in [0.3, 0.4) is 0 Å². The predicted molar refractivity (Wildman–Crippen MR) is 61.8 cm³/mol. The van der Waals surface area contributed by atoms with Gasteiger partial charge in [-0.1, -0.05) is 0 Å². The standard InChI is InChI=1S/C9H14N2O3S2/c10-7-8-9(1-6-15-8)16(12,13)11-2-4-14-5-3-11/h1,6H,2-5,7,10H2. The van der Waals surface area contributed by atoms with E-state index in [1.807, 2.05) is 0 Å². The summed E-state index contributed by atoms with van der Waals surface area (Å²) in [6.07, 6.45) is 0. The van der Waals surface area contributed by atoms with E-state index in [1.54, 1.807) is 11.4 Å². The lowest BCUT2D eigenvalue weighted by Crippen LogP contribution is -2.40. The van der Waals surface area contributed by atoms with Crippen LogP contribution in [0.1, 0.15) is 4.88 Å². The quantitative estimate of drug-likeness (QED) is 0.846. The highest BCUT2D eigenvalue weighted by Crippen LogP contribution is 2.25. The van der Waals surface area contributed by atoms with E-state index >= 15 is 0 Å². The zero-order valence-electron chi connectivity index (χ0n) is 8.76. The maximum Gasteiger partial charge on any atom is 0.244 e. The SMILES string of the molecule is NCc1sccc1S(=O)(=O)N1CCOCC1. The number of thiophene rings is 1. The Bertz CT molecular complexity index is 449. The molecule has 0 atom stereocenters. The van der Waals surface area contributed by atoms with Gasteiger partial charge in [0, 0.05) is 24.5 Å². The van der Waals surface area contributed by atoms with Gasteiger partial charge in [-0.05, 0) is 11.4 Å². The van der Waals surface area contributed by atoms with Gasteiger partial charge in [-0.2, -0.15) is 4.31 Å². The molecule has 2 rings (SSSR count). The van der Waals surface area contributed by atoms with Crippen LogP contribution >= 0.6 is 11.3 Å². The molecule has 1 aromatic heterocycles. The highest BCUT2D eigenvalue weighted by Gasteiger charge is 2.28. The second kappa shape index (κ2) is 4.80. The van der Waals surface area contributed by atoms with Crippen LogP contribution in [0.5, 0.6) is 0 Å². The van der Waals surface area contributed by atoms with Crippen molar-refractivity contribution in [3.05, 3.63) is 16.3 Å². The fraction of sp³-hybridized carbons (Fsp3) is 0.556. The predicted octanol–water partition coefficient (Wildman–Crippen LogP) is 0.228. The summed E-state index contributed by atoms with van der Waals surface area (Å²) in [5, 5.41) is 1.76. The van der Waals surface area contributed by atoms with Crippen LogP contribution in [0, 0.1) is 0 Å². The number of hydrogen-bond acceptors (Lipinski definition) is 5. The number of sulfonamides is 1. The smallest absolute Gasteiger partial charge is 0.244 e. The number of ether oxygens (including phenoxy) is 1. The van der Waals surface area contributed by atoms with Gasteiger partial charge in [0.2, 0.25) is 10.0 Å². The monoisotopic (exact) mass is 262 g/mol. The maximum absolute atomic E-state index is 12.2. The first kappa shape index (κ1) is 12.0. The van der Waals surface area contributed by atoms with Crippen molar-refractivity contribution in [3.63, 3.8) is 0 Å². The van der Waals surface area contributed by atoms with E-state index in [0.717, 1.165) is 0 Å². The second-order valence-corrected chi connectivity index (χ2v) is 6.34. The third-order valence-electron chi connectivity index (χ3n) is 2.48. The van der Waals surface area contributed by atoms with Crippen molar-refractivity contribution in [2.45, 2.75) is 11.4 Å². The Balaban J connectivity index is 2.30. The molecule has 16 heavy (non-hydrogen) atoms. The Hall–Kier alpha value is -0.470. The van der Waals surface area contributed by atoms with Gasteiger partial charge in [-0.3, -0.25) is 0 Å². The average Bonchev–Trinajstić information content (AvgIpc) is 2.79. The first-order chi connectivity index (χ1) is 7.66. The van der Waals surface area contributed by atoms with E-state index in [1.165, 1.54) is 15.6 Å². The maximum atomic E-state index is 12.2. The van der Waals surface area contributed by atoms with Crippen molar-refractivity contribution >= 4 is 21.4 Å². The molecular weight excluding hydrogens is 248 g/mol. The summed E-state index contributed by atoms with van der Waals surface area (Å²) in [6.45, 7) is 2.02. The molecule has 90 valence electrons. The number of nitrogens with zero attached hydrogens (tertiary/aromatic N) is 1. The van der Waals surface area contributed by atoms with Gasteiger partial charge in [-0.25, -0.2) is 8.42 Å². The second-order valence-electron chi connectivity index (χ2n) is 3.43. The van der Waals surface area contributed by atoms with E-state index in [2.05, 4.69) is 0 Å². The number of nitrogens with two attached hydrogens (primary N) is 1. The summed E-state index contributed by atoms with van der Waals surface area (Å²) in [5.74, 6) is 0. The minimum absolute atomic E-state index is 0.260. The lowest BCUT2D eigenvalue weighted by atomic mass is 10.5. The topological polar surface area (TPSA) is 72.6 Å². The van der Waals surface area contributed by atoms with Crippen LogP contribution in [0.2, 0.25) is 0 Å². The zero-order chi connectivity index (χ0) is 11.6. The van der Waals surface area contributed by atoms with E-state index in [0.29, 0.717) is 36.1 Å². The Morgan fingerprint density at radius 1 is 1.44 bits per heavy atom. The van der Waals surface area contributed by atoms with Crippen molar-refractivity contribution in [3.8, 4) is 0 Å². The van der Waals surface area contributed by atoms with E-state index < -0.39 is 10.0 Å². The Morgan fingerprint density at radius 3 is 2.75 bits per heavy atom. The summed E-state index contributed by atoms with van der Waals surface area (Å²) >= 11 is 1.38. The molecular formula is C9H14N2O3S2. The minimum Gasteiger partial charge on any atom is -0.379 e. The molecule has 5 nitrogen and oxygen atoms in total. The van der Waals surface area contributed by atoms with E-state index in [4.69, 9.17) is 10.5 Å². The lowest BCUT2D eigenvalue weighted by molar-refractivity contribution is 0.0730. The highest BCUT2D eigenvalue weighted by atomic mass is 32.2. The molecule has 1 aromatic rings. The van der Waals surface area contributed by atoms with Crippen molar-refractivity contribution in [2.24, 2.45) is 5.73 Å². The van der Waals surface area contributed by atoms with E-state index in [9.17, 15) is 8.42 Å². The van der Waals surface area contributed by atoms with E-state index in [-0.39, 0.29) is 6.54 Å². The van der Waals surface area contributed by atoms with Crippen LogP contribution in [-0.2, 0) is 21.3 Å². The summed E-state index contributed by atoms with van der Waals surface area (Å²) in [6, 6.07) is 1.62. The molecule has 0 aromatic carbocycles. The molecule has 0 saturated carbocycles. The van der Waals surface area contributed by atoms with Gasteiger partial charge >= 0.3 is 0 Å². The Kier molecular flexibility index (Phi) is 3.60. The van der Waals surface area contributed by atoms with Crippen molar-refractivity contribution < 1.29 is 13.2 Å². The molecule has 7 heteroatoms. The van der Waals surface area contributed by atoms with Gasteiger partial charge in [0.05, 0.1) is 18.1 Å². The Morgan fingerprint density at radius 2 is 2.12 bits per heavy atom. The van der Waals surface area contributed by atoms with Crippen molar-refractivity contribution in [1.29, 1.82) is 0 Å². The van der Waals surface area contributed by atoms with Gasteiger partial charge in [0.25, 0.3) is 0 Å². The molecule has 0 aliphatic carbocycles. The summed E-state index contributed by atoms with van der Waals surface area (Å²) in [7, 11) is -3.38. The van der Waals surface area contributed by atoms with Crippen LogP contribution in [0.25, 0.3) is 0 Å². The number of morpholine rings is 1. The molecule has 1 aliphatic rings. The largest absolute Gasteiger partial charge is 0.379 e. The normalized spacial score (nSPS) is 18.8. The van der Waals surface area contributed by atoms with Gasteiger partial charge in [-0.15, -0.1) is 11.3 Å². The third-order valence-corrected chi connectivity index (χ3v) is 5.53. The van der Waals surface area contributed by atoms with Crippen molar-refractivity contribution in [2.75, 3.05) is 26.3 Å². The first-order valence-electron chi connectivity index (χ1n) is 5.00. The van der Waals surface area contributed by atoms with Crippen LogP contribution in [-0.4, -0.2) is 39.0 Å². The molecule has 1 saturated heterocycles. The fourth-order valence-corrected chi connectivity index (χ4v) is 4.35. The number of rotatable bonds is 3. The molecule has 0 spiro atoms. The first-order valence-corrected chi connectivity index (χ1v) is 7.32. The molecule has 2 heterocycles. The number of hydrogen-bond donors (Lipinski definition) is 1. The van der Waals surface area contributed by atoms with Gasteiger partial charge in [0.15, 0.2) is 0 Å². The molecule has 1 aliphatic heterocycles. The summed E-state index contributed by atoms with van der Waals surface area (Å²) in [4.78, 5) is 1.06. The van der Waals surface area contributed by atoms with Crippen LogP contribution in [0.4, 0.5) is 0 Å².